The number of hydrogen-bond donors (Lipinski definition) is 1. The largest absolute Gasteiger partial charge is 0.438 e. The summed E-state index contributed by atoms with van der Waals surface area (Å²) in [6.07, 6.45) is 0. The number of hydrogen-bond acceptors (Lipinski definition) is 4. The van der Waals surface area contributed by atoms with Gasteiger partial charge in [0.15, 0.2) is 0 Å². The summed E-state index contributed by atoms with van der Waals surface area (Å²) >= 11 is 0. The van der Waals surface area contributed by atoms with Crippen molar-refractivity contribution in [2.45, 2.75) is 27.7 Å². The van der Waals surface area contributed by atoms with Gasteiger partial charge in [-0.2, -0.15) is 4.98 Å². The number of ether oxygens (including phenoxy) is 1. The van der Waals surface area contributed by atoms with Crippen LogP contribution in [0.15, 0.2) is 18.2 Å². The van der Waals surface area contributed by atoms with Crippen molar-refractivity contribution in [1.82, 2.24) is 9.97 Å². The second-order valence-electron chi connectivity index (χ2n) is 4.59. The molecule has 0 fully saturated rings. The van der Waals surface area contributed by atoms with Gasteiger partial charge < -0.3 is 10.1 Å². The quantitative estimate of drug-likeness (QED) is 0.922. The third-order valence-corrected chi connectivity index (χ3v) is 2.91. The average Bonchev–Trinajstić information content (AvgIpc) is 2.39. The van der Waals surface area contributed by atoms with E-state index in [1.807, 2.05) is 20.8 Å². The van der Waals surface area contributed by atoms with Crippen molar-refractivity contribution in [3.8, 4) is 11.6 Å². The molecule has 1 aromatic carbocycles. The second-order valence-corrected chi connectivity index (χ2v) is 4.59. The van der Waals surface area contributed by atoms with E-state index >= 15 is 0 Å². The summed E-state index contributed by atoms with van der Waals surface area (Å²) in [5, 5.41) is 3.16. The Labute approximate surface area is 118 Å². The Morgan fingerprint density at radius 3 is 2.65 bits per heavy atom. The minimum absolute atomic E-state index is 0.332. The van der Waals surface area contributed by atoms with E-state index < -0.39 is 0 Å². The minimum atomic E-state index is -0.332. The molecule has 1 N–H and O–H groups in total. The van der Waals surface area contributed by atoms with Crippen molar-refractivity contribution in [3.63, 3.8) is 0 Å². The molecule has 2 aromatic rings. The number of halogens is 1. The van der Waals surface area contributed by atoms with Crippen LogP contribution in [-0.4, -0.2) is 16.5 Å². The van der Waals surface area contributed by atoms with E-state index in [-0.39, 0.29) is 5.82 Å². The lowest BCUT2D eigenvalue weighted by Gasteiger charge is -2.13. The number of anilines is 1. The van der Waals surface area contributed by atoms with Crippen LogP contribution >= 0.6 is 0 Å². The van der Waals surface area contributed by atoms with Crippen LogP contribution < -0.4 is 10.1 Å². The predicted octanol–water partition coefficient (Wildman–Crippen LogP) is 3.77. The molecule has 0 saturated carbocycles. The monoisotopic (exact) mass is 275 g/mol. The van der Waals surface area contributed by atoms with Crippen LogP contribution in [0.4, 0.5) is 10.2 Å². The summed E-state index contributed by atoms with van der Waals surface area (Å²) in [6.45, 7) is 8.29. The predicted molar refractivity (Wildman–Crippen MR) is 76.9 cm³/mol. The fraction of sp³-hybridized carbons (Fsp3) is 0.333. The Hall–Kier alpha value is -2.17. The van der Waals surface area contributed by atoms with Crippen LogP contribution in [0.2, 0.25) is 0 Å². The molecule has 0 bridgehead atoms. The Morgan fingerprint density at radius 2 is 1.95 bits per heavy atom. The smallest absolute Gasteiger partial charge is 0.227 e. The SMILES string of the molecule is CCNc1nc(C)nc(Oc2cc(F)ccc2C)c1C. The Balaban J connectivity index is 2.40. The zero-order valence-electron chi connectivity index (χ0n) is 12.1. The normalized spacial score (nSPS) is 10.4. The molecule has 0 aliphatic heterocycles. The van der Waals surface area contributed by atoms with Gasteiger partial charge in [0.25, 0.3) is 0 Å². The first-order valence-corrected chi connectivity index (χ1v) is 6.54. The third-order valence-electron chi connectivity index (χ3n) is 2.91. The fourth-order valence-electron chi connectivity index (χ4n) is 1.83. The van der Waals surface area contributed by atoms with Gasteiger partial charge >= 0.3 is 0 Å². The molecule has 0 atom stereocenters. The highest BCUT2D eigenvalue weighted by molar-refractivity contribution is 5.50. The molecule has 20 heavy (non-hydrogen) atoms. The van der Waals surface area contributed by atoms with Crippen molar-refractivity contribution in [3.05, 3.63) is 41.0 Å². The van der Waals surface area contributed by atoms with Crippen LogP contribution in [-0.2, 0) is 0 Å². The molecule has 0 amide bonds. The highest BCUT2D eigenvalue weighted by atomic mass is 19.1. The Morgan fingerprint density at radius 1 is 1.20 bits per heavy atom. The number of nitrogens with one attached hydrogen (secondary N) is 1. The maximum Gasteiger partial charge on any atom is 0.227 e. The fourth-order valence-corrected chi connectivity index (χ4v) is 1.83. The maximum absolute atomic E-state index is 13.3. The lowest BCUT2D eigenvalue weighted by Crippen LogP contribution is -2.06. The number of rotatable bonds is 4. The minimum Gasteiger partial charge on any atom is -0.438 e. The van der Waals surface area contributed by atoms with E-state index in [1.54, 1.807) is 13.0 Å². The molecule has 0 saturated heterocycles. The molecule has 0 spiro atoms. The van der Waals surface area contributed by atoms with E-state index in [4.69, 9.17) is 4.74 Å². The number of benzene rings is 1. The summed E-state index contributed by atoms with van der Waals surface area (Å²) in [5.41, 5.74) is 1.66. The van der Waals surface area contributed by atoms with E-state index in [2.05, 4.69) is 15.3 Å². The first kappa shape index (κ1) is 14.2. The second kappa shape index (κ2) is 5.86. The summed E-state index contributed by atoms with van der Waals surface area (Å²) in [5.74, 6) is 1.93. The van der Waals surface area contributed by atoms with Crippen LogP contribution in [0.25, 0.3) is 0 Å². The van der Waals surface area contributed by atoms with E-state index in [1.165, 1.54) is 12.1 Å². The highest BCUT2D eigenvalue weighted by Gasteiger charge is 2.12. The number of nitrogens with zero attached hydrogens (tertiary/aromatic N) is 2. The van der Waals surface area contributed by atoms with Gasteiger partial charge in [0.05, 0.1) is 5.56 Å². The van der Waals surface area contributed by atoms with Gasteiger partial charge in [-0.1, -0.05) is 6.07 Å². The van der Waals surface area contributed by atoms with Gasteiger partial charge in [-0.25, -0.2) is 9.37 Å². The van der Waals surface area contributed by atoms with Gasteiger partial charge in [-0.3, -0.25) is 0 Å². The Kier molecular flexibility index (Phi) is 4.17. The van der Waals surface area contributed by atoms with Gasteiger partial charge in [0.2, 0.25) is 5.88 Å². The molecule has 4 nitrogen and oxygen atoms in total. The lowest BCUT2D eigenvalue weighted by atomic mass is 10.2. The number of aryl methyl sites for hydroxylation is 2. The van der Waals surface area contributed by atoms with Gasteiger partial charge in [-0.15, -0.1) is 0 Å². The molecule has 1 heterocycles. The van der Waals surface area contributed by atoms with E-state index in [0.717, 1.165) is 23.5 Å². The van der Waals surface area contributed by atoms with E-state index in [0.29, 0.717) is 17.5 Å². The summed E-state index contributed by atoms with van der Waals surface area (Å²) in [6, 6.07) is 4.45. The van der Waals surface area contributed by atoms with Crippen LogP contribution in [0.1, 0.15) is 23.9 Å². The standard InChI is InChI=1S/C15H18FN3O/c1-5-17-14-10(3)15(19-11(4)18-14)20-13-8-12(16)7-6-9(13)2/h6-8H,5H2,1-4H3,(H,17,18,19). The Bertz CT molecular complexity index is 629. The zero-order valence-corrected chi connectivity index (χ0v) is 12.1. The highest BCUT2D eigenvalue weighted by Crippen LogP contribution is 2.29. The molecular weight excluding hydrogens is 257 g/mol. The zero-order chi connectivity index (χ0) is 14.7. The maximum atomic E-state index is 13.3. The van der Waals surface area contributed by atoms with Crippen molar-refractivity contribution in [2.75, 3.05) is 11.9 Å². The molecule has 0 unspecified atom stereocenters. The lowest BCUT2D eigenvalue weighted by molar-refractivity contribution is 0.448. The van der Waals surface area contributed by atoms with Gasteiger partial charge in [0.1, 0.15) is 23.2 Å². The van der Waals surface area contributed by atoms with Gasteiger partial charge in [-0.05, 0) is 39.3 Å². The first-order valence-electron chi connectivity index (χ1n) is 6.54. The van der Waals surface area contributed by atoms with Gasteiger partial charge in [0, 0.05) is 12.6 Å². The van der Waals surface area contributed by atoms with Crippen LogP contribution in [0, 0.1) is 26.6 Å². The van der Waals surface area contributed by atoms with Crippen molar-refractivity contribution < 1.29 is 9.13 Å². The average molecular weight is 275 g/mol. The summed E-state index contributed by atoms with van der Waals surface area (Å²) in [7, 11) is 0. The molecule has 0 aliphatic carbocycles. The summed E-state index contributed by atoms with van der Waals surface area (Å²) in [4.78, 5) is 8.61. The third kappa shape index (κ3) is 3.04. The summed E-state index contributed by atoms with van der Waals surface area (Å²) < 4.78 is 19.1. The van der Waals surface area contributed by atoms with Crippen LogP contribution in [0.5, 0.6) is 11.6 Å². The van der Waals surface area contributed by atoms with Crippen molar-refractivity contribution in [2.24, 2.45) is 0 Å². The van der Waals surface area contributed by atoms with Crippen molar-refractivity contribution in [1.29, 1.82) is 0 Å². The molecular formula is C15H18FN3O. The number of aromatic nitrogens is 2. The molecule has 2 rings (SSSR count). The molecule has 106 valence electrons. The molecule has 1 aromatic heterocycles. The van der Waals surface area contributed by atoms with Crippen molar-refractivity contribution >= 4 is 5.82 Å². The van der Waals surface area contributed by atoms with Crippen LogP contribution in [0.3, 0.4) is 0 Å². The topological polar surface area (TPSA) is 47.0 Å². The first-order chi connectivity index (χ1) is 9.51. The molecule has 0 radical (unpaired) electrons. The molecule has 0 aliphatic rings. The van der Waals surface area contributed by atoms with E-state index in [9.17, 15) is 4.39 Å². The molecule has 5 heteroatoms.